The van der Waals surface area contributed by atoms with Crippen LogP contribution in [0.3, 0.4) is 0 Å². The van der Waals surface area contributed by atoms with Crippen LogP contribution in [0.1, 0.15) is 17.4 Å². The molecule has 2 aliphatic carbocycles. The second-order valence-electron chi connectivity index (χ2n) is 9.87. The van der Waals surface area contributed by atoms with Crippen LogP contribution in [0.25, 0.3) is 11.2 Å². The maximum absolute atomic E-state index is 13.1. The molecule has 6 atom stereocenters. The second-order valence-corrected chi connectivity index (χ2v) is 10.3. The number of ether oxygens (including phenoxy) is 1. The molecule has 1 aromatic carbocycles. The number of allylic oxidation sites excluding steroid dienone is 2. The van der Waals surface area contributed by atoms with Gasteiger partial charge in [-0.25, -0.2) is 15.0 Å². The van der Waals surface area contributed by atoms with Gasteiger partial charge in [0.2, 0.25) is 5.91 Å². The van der Waals surface area contributed by atoms with Crippen LogP contribution in [0.5, 0.6) is 0 Å². The Hall–Kier alpha value is -3.39. The van der Waals surface area contributed by atoms with Gasteiger partial charge in [-0.15, -0.1) is 0 Å². The summed E-state index contributed by atoms with van der Waals surface area (Å²) in [6.07, 6.45) is 0.919. The number of rotatable bonds is 6. The molecule has 2 unspecified atom stereocenters. The molecule has 3 aliphatic rings. The largest absolute Gasteiger partial charge is 0.394 e. The van der Waals surface area contributed by atoms with Gasteiger partial charge in [0.15, 0.2) is 23.2 Å². The van der Waals surface area contributed by atoms with Crippen molar-refractivity contribution in [2.24, 2.45) is 0 Å². The molecule has 2 aromatic heterocycles. The Labute approximate surface area is 227 Å². The van der Waals surface area contributed by atoms with E-state index in [1.807, 2.05) is 12.1 Å². The van der Waals surface area contributed by atoms with Crippen molar-refractivity contribution in [3.05, 3.63) is 70.8 Å². The zero-order valence-corrected chi connectivity index (χ0v) is 21.3. The number of hydrogen-bond donors (Lipinski definition) is 6. The molecule has 6 N–H and O–H groups in total. The Morgan fingerprint density at radius 3 is 2.54 bits per heavy atom. The molecule has 13 heteroatoms. The van der Waals surface area contributed by atoms with Crippen molar-refractivity contribution >= 4 is 34.5 Å². The molecule has 204 valence electrons. The van der Waals surface area contributed by atoms with E-state index in [9.17, 15) is 25.2 Å². The highest BCUT2D eigenvalue weighted by Gasteiger charge is 2.46. The fourth-order valence-electron chi connectivity index (χ4n) is 5.42. The Bertz CT molecular complexity index is 1450. The first kappa shape index (κ1) is 25.9. The van der Waals surface area contributed by atoms with Gasteiger partial charge in [0.25, 0.3) is 0 Å². The summed E-state index contributed by atoms with van der Waals surface area (Å²) in [6.45, 7) is -0.497. The monoisotopic (exact) mass is 554 g/mol. The van der Waals surface area contributed by atoms with E-state index in [4.69, 9.17) is 16.3 Å². The van der Waals surface area contributed by atoms with Crippen molar-refractivity contribution in [1.29, 1.82) is 0 Å². The number of nitrogens with one attached hydrogen (secondary N) is 2. The molecule has 0 saturated carbocycles. The van der Waals surface area contributed by atoms with Gasteiger partial charge in [0.05, 0.1) is 12.9 Å². The lowest BCUT2D eigenvalue weighted by Gasteiger charge is -2.27. The van der Waals surface area contributed by atoms with Crippen molar-refractivity contribution in [1.82, 2.24) is 24.8 Å². The first-order valence-electron chi connectivity index (χ1n) is 12.5. The number of amides is 1. The lowest BCUT2D eigenvalue weighted by Crippen LogP contribution is -2.49. The third-order valence-electron chi connectivity index (χ3n) is 7.46. The van der Waals surface area contributed by atoms with E-state index in [1.54, 1.807) is 4.57 Å². The smallest absolute Gasteiger partial charge is 0.250 e. The number of benzene rings is 1. The third kappa shape index (κ3) is 4.58. The van der Waals surface area contributed by atoms with Gasteiger partial charge < -0.3 is 35.8 Å². The van der Waals surface area contributed by atoms with E-state index in [0.717, 1.165) is 12.8 Å². The number of carbonyl (C=O) groups is 1. The lowest BCUT2D eigenvalue weighted by molar-refractivity contribution is -0.121. The average Bonchev–Trinajstić information content (AvgIpc) is 3.63. The summed E-state index contributed by atoms with van der Waals surface area (Å²) >= 11 is 5.86. The van der Waals surface area contributed by atoms with Gasteiger partial charge in [-0.1, -0.05) is 35.9 Å². The molecule has 0 radical (unpaired) electrons. The van der Waals surface area contributed by atoms with Gasteiger partial charge in [-0.05, 0) is 36.1 Å². The van der Waals surface area contributed by atoms with Crippen LogP contribution in [-0.2, 0) is 22.4 Å². The van der Waals surface area contributed by atoms with Gasteiger partial charge in [-0.2, -0.15) is 0 Å². The van der Waals surface area contributed by atoms with Crippen LogP contribution < -0.4 is 10.6 Å². The summed E-state index contributed by atoms with van der Waals surface area (Å²) in [5.74, 6) is -0.192. The molecule has 0 bridgehead atoms. The second kappa shape index (κ2) is 10.3. The van der Waals surface area contributed by atoms with E-state index in [-0.39, 0.29) is 16.6 Å². The maximum atomic E-state index is 13.1. The summed E-state index contributed by atoms with van der Waals surface area (Å²) in [6, 6.07) is 7.36. The molecule has 39 heavy (non-hydrogen) atoms. The minimum Gasteiger partial charge on any atom is -0.394 e. The number of carbonyl (C=O) groups excluding carboxylic acids is 1. The Morgan fingerprint density at radius 2 is 1.82 bits per heavy atom. The van der Waals surface area contributed by atoms with E-state index < -0.39 is 49.2 Å². The van der Waals surface area contributed by atoms with Crippen LogP contribution in [0, 0.1) is 0 Å². The van der Waals surface area contributed by atoms with Crippen LogP contribution in [0.4, 0.5) is 5.82 Å². The highest BCUT2D eigenvalue weighted by molar-refractivity contribution is 6.30. The number of hydrogen-bond acceptors (Lipinski definition) is 10. The molecule has 6 rings (SSSR count). The molecule has 1 amide bonds. The number of halogens is 1. The number of aromatic nitrogens is 4. The van der Waals surface area contributed by atoms with Crippen LogP contribution in [0.2, 0.25) is 0 Å². The van der Waals surface area contributed by atoms with E-state index in [0.29, 0.717) is 17.0 Å². The highest BCUT2D eigenvalue weighted by Crippen LogP contribution is 2.34. The minimum atomic E-state index is -1.55. The predicted octanol–water partition coefficient (Wildman–Crippen LogP) is -0.0745. The topological polar surface area (TPSA) is 175 Å². The zero-order chi connectivity index (χ0) is 27.3. The first-order chi connectivity index (χ1) is 18.9. The molecular weight excluding hydrogens is 528 g/mol. The SMILES string of the molecule is O=C(N[C@@H]1[C@H](O)[C@@H](CO)O[C@H]1n1cnc2c(NC3Cc4ccccc4C3)ncnc21)C1=CC=C(Cl)C(O)C1O. The average molecular weight is 555 g/mol. The van der Waals surface area contributed by atoms with E-state index >= 15 is 0 Å². The number of aliphatic hydroxyl groups is 4. The summed E-state index contributed by atoms with van der Waals surface area (Å²) in [5.41, 5.74) is 3.33. The molecule has 3 heterocycles. The van der Waals surface area contributed by atoms with Crippen LogP contribution in [-0.4, -0.2) is 89.0 Å². The van der Waals surface area contributed by atoms with Crippen molar-refractivity contribution in [2.45, 2.75) is 55.6 Å². The first-order valence-corrected chi connectivity index (χ1v) is 12.9. The highest BCUT2D eigenvalue weighted by atomic mass is 35.5. The molecule has 1 saturated heterocycles. The van der Waals surface area contributed by atoms with Crippen LogP contribution >= 0.6 is 11.6 Å². The van der Waals surface area contributed by atoms with Gasteiger partial charge in [0, 0.05) is 16.6 Å². The van der Waals surface area contributed by atoms with Crippen molar-refractivity contribution in [3.63, 3.8) is 0 Å². The molecule has 1 fully saturated rings. The third-order valence-corrected chi connectivity index (χ3v) is 7.81. The summed E-state index contributed by atoms with van der Waals surface area (Å²) in [4.78, 5) is 26.3. The number of aliphatic hydroxyl groups excluding tert-OH is 4. The Balaban J connectivity index is 1.27. The number of anilines is 1. The maximum Gasteiger partial charge on any atom is 0.250 e. The Morgan fingerprint density at radius 1 is 1.08 bits per heavy atom. The van der Waals surface area contributed by atoms with Crippen LogP contribution in [0.15, 0.2) is 59.7 Å². The summed E-state index contributed by atoms with van der Waals surface area (Å²) in [7, 11) is 0. The van der Waals surface area contributed by atoms with Gasteiger partial charge in [-0.3, -0.25) is 9.36 Å². The minimum absolute atomic E-state index is 0.00280. The van der Waals surface area contributed by atoms with E-state index in [1.165, 1.54) is 35.9 Å². The zero-order valence-electron chi connectivity index (χ0n) is 20.6. The predicted molar refractivity (Wildman–Crippen MR) is 140 cm³/mol. The lowest BCUT2D eigenvalue weighted by atomic mass is 9.97. The molecule has 0 spiro atoms. The Kier molecular flexibility index (Phi) is 6.83. The number of imidazole rings is 1. The van der Waals surface area contributed by atoms with Crippen molar-refractivity contribution in [3.8, 4) is 0 Å². The molecule has 1 aliphatic heterocycles. The summed E-state index contributed by atoms with van der Waals surface area (Å²) in [5, 5.41) is 47.2. The van der Waals surface area contributed by atoms with Crippen molar-refractivity contribution < 1.29 is 30.0 Å². The van der Waals surface area contributed by atoms with Gasteiger partial charge >= 0.3 is 0 Å². The standard InChI is InChI=1S/C26H27ClN6O6/c27-16-6-5-15(20(35)21(16)36)25(38)32-18-22(37)17(9-34)39-26(18)33-11-30-19-23(28-10-29-24(19)33)31-14-7-12-3-1-2-4-13(12)8-14/h1-6,10-11,14,17-18,20-22,26,34-37H,7-9H2,(H,32,38)(H,28,29,31)/t17-,18-,20?,21?,22-,26-/m1/s1. The van der Waals surface area contributed by atoms with Gasteiger partial charge in [0.1, 0.15) is 36.8 Å². The number of nitrogens with zero attached hydrogens (tertiary/aromatic N) is 4. The fraction of sp³-hybridized carbons (Fsp3) is 0.385. The van der Waals surface area contributed by atoms with E-state index in [2.05, 4.69) is 37.7 Å². The summed E-state index contributed by atoms with van der Waals surface area (Å²) < 4.78 is 7.48. The quantitative estimate of drug-likeness (QED) is 0.242. The molecule has 12 nitrogen and oxygen atoms in total. The normalized spacial score (nSPS) is 28.7. The molecular formula is C26H27ClN6O6. The van der Waals surface area contributed by atoms with Crippen molar-refractivity contribution in [2.75, 3.05) is 11.9 Å². The molecule has 3 aromatic rings. The number of fused-ring (bicyclic) bond motifs is 2. The fourth-order valence-corrected chi connectivity index (χ4v) is 5.60.